The summed E-state index contributed by atoms with van der Waals surface area (Å²) in [5.41, 5.74) is 13.8. The molecule has 3 aromatic rings. The molecule has 8 rings (SSSR count). The summed E-state index contributed by atoms with van der Waals surface area (Å²) in [6.45, 7) is 6.75. The van der Waals surface area contributed by atoms with Crippen molar-refractivity contribution in [2.75, 3.05) is 33.3 Å². The van der Waals surface area contributed by atoms with Crippen molar-refractivity contribution in [2.45, 2.75) is 108 Å². The number of nitrogens with two attached hydrogens (primary N) is 1. The highest BCUT2D eigenvalue weighted by molar-refractivity contribution is 7.90. The molecule has 4 fully saturated rings. The van der Waals surface area contributed by atoms with Crippen molar-refractivity contribution in [1.82, 2.24) is 19.1 Å². The number of aromatic nitrogens is 1. The minimum absolute atomic E-state index is 0.0889. The van der Waals surface area contributed by atoms with E-state index in [1.807, 2.05) is 23.1 Å². The van der Waals surface area contributed by atoms with E-state index in [4.69, 9.17) is 15.5 Å². The second kappa shape index (κ2) is 15.3. The van der Waals surface area contributed by atoms with Crippen LogP contribution in [-0.4, -0.2) is 90.9 Å². The first kappa shape index (κ1) is 37.5. The van der Waals surface area contributed by atoms with Crippen LogP contribution < -0.4 is 15.2 Å². The van der Waals surface area contributed by atoms with Gasteiger partial charge in [-0.1, -0.05) is 25.3 Å². The fourth-order valence-electron chi connectivity index (χ4n) is 9.25. The molecule has 1 aromatic heterocycles. The number of benzene rings is 2. The minimum Gasteiger partial charge on any atom is -0.497 e. The fourth-order valence-corrected chi connectivity index (χ4v) is 9.87. The molecule has 55 heavy (non-hydrogen) atoms. The van der Waals surface area contributed by atoms with Gasteiger partial charge < -0.3 is 19.9 Å². The molecule has 2 aromatic carbocycles. The quantitative estimate of drug-likeness (QED) is 0.191. The SMILES string of the molecule is COc1ccc2c(c1)C=C(C(=NC1CCC1)C(=CN)C(=O)N1CCN3CCC[C@H]3C1)Cn1c-2c(C2CCCCC2)c2ccc(C(=O)NS(=O)(=O)C(C)C)cc21. The maximum Gasteiger partial charge on any atom is 0.264 e. The van der Waals surface area contributed by atoms with Crippen LogP contribution in [0, 0.1) is 0 Å². The number of fused-ring (bicyclic) bond motifs is 6. The molecule has 2 saturated heterocycles. The number of hydrogen-bond donors (Lipinski definition) is 2. The van der Waals surface area contributed by atoms with E-state index in [2.05, 4.69) is 32.4 Å². The Morgan fingerprint density at radius 1 is 0.964 bits per heavy atom. The smallest absolute Gasteiger partial charge is 0.264 e. The summed E-state index contributed by atoms with van der Waals surface area (Å²) in [7, 11) is -2.18. The summed E-state index contributed by atoms with van der Waals surface area (Å²) >= 11 is 0. The number of nitrogens with zero attached hydrogens (tertiary/aromatic N) is 4. The van der Waals surface area contributed by atoms with Gasteiger partial charge in [0.2, 0.25) is 10.0 Å². The lowest BCUT2D eigenvalue weighted by molar-refractivity contribution is -0.129. The number of sulfonamides is 1. The van der Waals surface area contributed by atoms with Gasteiger partial charge in [0.05, 0.1) is 41.9 Å². The molecule has 5 aliphatic rings. The minimum atomic E-state index is -3.84. The molecule has 2 aliphatic carbocycles. The number of piperazine rings is 1. The zero-order valence-electron chi connectivity index (χ0n) is 32.4. The summed E-state index contributed by atoms with van der Waals surface area (Å²) in [6.07, 6.45) is 14.5. The third-order valence-corrected chi connectivity index (χ3v) is 14.3. The first-order valence-electron chi connectivity index (χ1n) is 20.2. The van der Waals surface area contributed by atoms with E-state index >= 15 is 0 Å². The summed E-state index contributed by atoms with van der Waals surface area (Å²) in [5, 5.41) is 0.289. The molecule has 2 amide bonds. The number of ether oxygens (including phenoxy) is 1. The summed E-state index contributed by atoms with van der Waals surface area (Å²) in [6, 6.07) is 12.2. The number of aliphatic imine (C=N–C) groups is 1. The summed E-state index contributed by atoms with van der Waals surface area (Å²) in [5.74, 6) is 0.284. The molecular formula is C43H54N6O5S. The van der Waals surface area contributed by atoms with Crippen LogP contribution in [0.25, 0.3) is 28.2 Å². The van der Waals surface area contributed by atoms with Gasteiger partial charge in [-0.25, -0.2) is 13.1 Å². The van der Waals surface area contributed by atoms with Crippen LogP contribution in [0.5, 0.6) is 5.75 Å². The molecule has 0 spiro atoms. The Bertz CT molecular complexity index is 2210. The van der Waals surface area contributed by atoms with Crippen LogP contribution >= 0.6 is 0 Å². The first-order valence-corrected chi connectivity index (χ1v) is 21.8. The summed E-state index contributed by atoms with van der Waals surface area (Å²) < 4.78 is 35.9. The standard InChI is InChI=1S/C43H54N6O5S/c1-27(2)55(52,53)46-42(50)29-14-16-36-38(23-29)49-25-31(21-30-22-34(54-3)15-17-35(30)41(49)39(36)28-9-5-4-6-10-28)40(45-32-11-7-12-32)37(24-44)43(51)48-20-19-47-18-8-13-33(47)26-48/h14-17,21-24,27-28,32-33H,4-13,18-20,25-26,44H2,1-3H3,(H,46,50)/t33-/m0/s1. The Hall–Kier alpha value is -4.42. The molecule has 0 radical (unpaired) electrons. The number of carbonyl (C=O) groups excluding carboxylic acids is 2. The number of rotatable bonds is 9. The van der Waals surface area contributed by atoms with E-state index in [1.54, 1.807) is 27.0 Å². The lowest BCUT2D eigenvalue weighted by Crippen LogP contribution is -2.53. The van der Waals surface area contributed by atoms with Crippen LogP contribution in [0.1, 0.15) is 105 Å². The van der Waals surface area contributed by atoms with Gasteiger partial charge in [-0.2, -0.15) is 0 Å². The first-order chi connectivity index (χ1) is 26.6. The van der Waals surface area contributed by atoms with Crippen molar-refractivity contribution >= 4 is 44.5 Å². The molecule has 3 N–H and O–H groups in total. The molecular weight excluding hydrogens is 713 g/mol. The van der Waals surface area contributed by atoms with Gasteiger partial charge in [0.15, 0.2) is 0 Å². The lowest BCUT2D eigenvalue weighted by Gasteiger charge is -2.38. The van der Waals surface area contributed by atoms with Crippen LogP contribution in [0.4, 0.5) is 0 Å². The van der Waals surface area contributed by atoms with Crippen LogP contribution in [-0.2, 0) is 21.4 Å². The number of hydrogen-bond acceptors (Lipinski definition) is 8. The highest BCUT2D eigenvalue weighted by Gasteiger charge is 2.37. The highest BCUT2D eigenvalue weighted by atomic mass is 32.2. The molecule has 0 bridgehead atoms. The predicted molar refractivity (Wildman–Crippen MR) is 218 cm³/mol. The van der Waals surface area contributed by atoms with Gasteiger partial charge in [0.25, 0.3) is 11.8 Å². The molecule has 11 nitrogen and oxygen atoms in total. The lowest BCUT2D eigenvalue weighted by atomic mass is 9.81. The van der Waals surface area contributed by atoms with Gasteiger partial charge in [-0.15, -0.1) is 0 Å². The van der Waals surface area contributed by atoms with Crippen LogP contribution in [0.3, 0.4) is 0 Å². The van der Waals surface area contributed by atoms with Crippen molar-refractivity contribution in [3.63, 3.8) is 0 Å². The number of carbonyl (C=O) groups is 2. The zero-order valence-corrected chi connectivity index (χ0v) is 33.2. The van der Waals surface area contributed by atoms with Gasteiger partial charge in [0, 0.05) is 53.9 Å². The monoisotopic (exact) mass is 766 g/mol. The highest BCUT2D eigenvalue weighted by Crippen LogP contribution is 2.47. The molecule has 292 valence electrons. The van der Waals surface area contributed by atoms with Crippen molar-refractivity contribution in [1.29, 1.82) is 0 Å². The van der Waals surface area contributed by atoms with Crippen molar-refractivity contribution in [3.05, 3.63) is 70.4 Å². The number of allylic oxidation sites excluding steroid dienone is 1. The number of amides is 2. The average molecular weight is 767 g/mol. The normalized spacial score (nSPS) is 21.4. The van der Waals surface area contributed by atoms with Crippen molar-refractivity contribution in [2.24, 2.45) is 10.7 Å². The molecule has 4 heterocycles. The second-order valence-electron chi connectivity index (χ2n) is 16.3. The third-order valence-electron chi connectivity index (χ3n) is 12.6. The Morgan fingerprint density at radius 2 is 1.76 bits per heavy atom. The van der Waals surface area contributed by atoms with Crippen molar-refractivity contribution in [3.8, 4) is 17.0 Å². The maximum absolute atomic E-state index is 14.6. The maximum atomic E-state index is 14.6. The van der Waals surface area contributed by atoms with Crippen molar-refractivity contribution < 1.29 is 22.7 Å². The van der Waals surface area contributed by atoms with Gasteiger partial charge in [-0.3, -0.25) is 19.5 Å². The Labute approximate surface area is 324 Å². The van der Waals surface area contributed by atoms with E-state index < -0.39 is 21.2 Å². The number of nitrogens with one attached hydrogen (secondary N) is 1. The van der Waals surface area contributed by atoms with E-state index in [9.17, 15) is 18.0 Å². The molecule has 3 aliphatic heterocycles. The van der Waals surface area contributed by atoms with Gasteiger partial charge in [0.1, 0.15) is 5.75 Å². The Balaban J connectivity index is 1.30. The zero-order chi connectivity index (χ0) is 38.4. The third kappa shape index (κ3) is 7.12. The Kier molecular flexibility index (Phi) is 10.4. The number of methoxy groups -OCH3 is 1. The van der Waals surface area contributed by atoms with E-state index in [0.717, 1.165) is 110 Å². The average Bonchev–Trinajstić information content (AvgIpc) is 3.72. The molecule has 12 heteroatoms. The van der Waals surface area contributed by atoms with Gasteiger partial charge >= 0.3 is 0 Å². The van der Waals surface area contributed by atoms with E-state index in [0.29, 0.717) is 42.9 Å². The largest absolute Gasteiger partial charge is 0.497 e. The van der Waals surface area contributed by atoms with E-state index in [-0.39, 0.29) is 17.5 Å². The molecule has 1 atom stereocenters. The molecule has 2 saturated carbocycles. The Morgan fingerprint density at radius 3 is 2.47 bits per heavy atom. The second-order valence-corrected chi connectivity index (χ2v) is 18.5. The van der Waals surface area contributed by atoms with Crippen LogP contribution in [0.2, 0.25) is 0 Å². The topological polar surface area (TPSA) is 139 Å². The van der Waals surface area contributed by atoms with E-state index in [1.165, 1.54) is 18.2 Å². The predicted octanol–water partition coefficient (Wildman–Crippen LogP) is 6.37. The fraction of sp³-hybridized carbons (Fsp3) is 0.512. The summed E-state index contributed by atoms with van der Waals surface area (Å²) in [4.78, 5) is 38.0. The van der Waals surface area contributed by atoms with Crippen LogP contribution in [0.15, 0.2) is 58.7 Å². The molecule has 0 unspecified atom stereocenters. The van der Waals surface area contributed by atoms with Gasteiger partial charge in [-0.05, 0) is 124 Å².